The van der Waals surface area contributed by atoms with Gasteiger partial charge in [-0.1, -0.05) is 6.07 Å². The summed E-state index contributed by atoms with van der Waals surface area (Å²) in [6.45, 7) is 2.52. The predicted octanol–water partition coefficient (Wildman–Crippen LogP) is 2.72. The summed E-state index contributed by atoms with van der Waals surface area (Å²) < 4.78 is 14.9. The molecule has 35 heavy (non-hydrogen) atoms. The van der Waals surface area contributed by atoms with Crippen molar-refractivity contribution in [2.24, 2.45) is 5.92 Å². The summed E-state index contributed by atoms with van der Waals surface area (Å²) in [4.78, 5) is 32.9. The van der Waals surface area contributed by atoms with E-state index in [0.717, 1.165) is 56.6 Å². The zero-order valence-electron chi connectivity index (χ0n) is 19.6. The third-order valence-corrected chi connectivity index (χ3v) is 7.34. The van der Waals surface area contributed by atoms with E-state index in [9.17, 15) is 14.0 Å². The Labute approximate surface area is 202 Å². The zero-order valence-corrected chi connectivity index (χ0v) is 19.6. The van der Waals surface area contributed by atoms with E-state index in [0.29, 0.717) is 17.9 Å². The maximum Gasteiger partial charge on any atom is 0.271 e. The molecule has 3 aliphatic rings. The molecule has 3 aromatic rings. The number of halogens is 1. The number of hydrogen-bond donors (Lipinski definition) is 2. The van der Waals surface area contributed by atoms with Crippen LogP contribution in [0.15, 0.2) is 30.5 Å². The second kappa shape index (κ2) is 8.51. The number of nitrogens with one attached hydrogen (secondary N) is 2. The molecule has 1 aromatic carbocycles. The second-order valence-corrected chi connectivity index (χ2v) is 9.51. The summed E-state index contributed by atoms with van der Waals surface area (Å²) in [5, 5.41) is 10.7. The van der Waals surface area contributed by atoms with Crippen molar-refractivity contribution in [3.63, 3.8) is 0 Å². The highest BCUT2D eigenvalue weighted by Gasteiger charge is 2.39. The molecule has 182 valence electrons. The summed E-state index contributed by atoms with van der Waals surface area (Å²) in [6.07, 6.45) is 4.59. The highest BCUT2D eigenvalue weighted by Crippen LogP contribution is 2.40. The third-order valence-electron chi connectivity index (χ3n) is 7.34. The molecule has 9 nitrogen and oxygen atoms in total. The summed E-state index contributed by atoms with van der Waals surface area (Å²) in [7, 11) is 1.81. The van der Waals surface area contributed by atoms with E-state index in [4.69, 9.17) is 5.10 Å². The maximum absolute atomic E-state index is 13.3. The van der Waals surface area contributed by atoms with Crippen molar-refractivity contribution in [2.75, 3.05) is 41.8 Å². The molecule has 2 fully saturated rings. The molecule has 1 aliphatic carbocycles. The molecule has 2 N–H and O–H groups in total. The minimum absolute atomic E-state index is 0.160. The Bertz CT molecular complexity index is 1300. The molecule has 0 radical (unpaired) electrons. The SMILES string of the molecule is CNc1cc(N2CCc3c(N4CCC(C=O)CC4)cccc32)nn2c(C(=O)N[C@@H]3C[C@@H]3F)cnc12. The van der Waals surface area contributed by atoms with Gasteiger partial charge in [-0.2, -0.15) is 0 Å². The maximum atomic E-state index is 13.3. The van der Waals surface area contributed by atoms with Crippen molar-refractivity contribution in [2.45, 2.75) is 37.9 Å². The Morgan fingerprint density at radius 3 is 2.69 bits per heavy atom. The molecule has 1 saturated carbocycles. The lowest BCUT2D eigenvalue weighted by Gasteiger charge is -2.33. The van der Waals surface area contributed by atoms with Crippen LogP contribution in [0.25, 0.3) is 5.65 Å². The van der Waals surface area contributed by atoms with Crippen molar-refractivity contribution in [3.8, 4) is 0 Å². The van der Waals surface area contributed by atoms with E-state index < -0.39 is 12.2 Å². The van der Waals surface area contributed by atoms with Gasteiger partial charge in [0.2, 0.25) is 0 Å². The van der Waals surface area contributed by atoms with E-state index >= 15 is 0 Å². The van der Waals surface area contributed by atoms with Crippen LogP contribution in [0.2, 0.25) is 0 Å². The number of imidazole rings is 1. The van der Waals surface area contributed by atoms with Gasteiger partial charge in [0.05, 0.1) is 17.9 Å². The van der Waals surface area contributed by atoms with Crippen LogP contribution < -0.4 is 20.4 Å². The van der Waals surface area contributed by atoms with Gasteiger partial charge in [0, 0.05) is 62.0 Å². The fourth-order valence-corrected chi connectivity index (χ4v) is 5.21. The number of amides is 1. The number of rotatable bonds is 6. The van der Waals surface area contributed by atoms with Crippen LogP contribution in [0.3, 0.4) is 0 Å². The fraction of sp³-hybridized carbons (Fsp3) is 0.440. The first-order valence-corrected chi connectivity index (χ1v) is 12.2. The van der Waals surface area contributed by atoms with E-state index in [-0.39, 0.29) is 17.5 Å². The smallest absolute Gasteiger partial charge is 0.271 e. The summed E-state index contributed by atoms with van der Waals surface area (Å²) in [5.41, 5.74) is 5.17. The van der Waals surface area contributed by atoms with Gasteiger partial charge in [-0.05, 0) is 31.4 Å². The van der Waals surface area contributed by atoms with Crippen LogP contribution in [-0.2, 0) is 11.2 Å². The van der Waals surface area contributed by atoms with Crippen molar-refractivity contribution < 1.29 is 14.0 Å². The summed E-state index contributed by atoms with van der Waals surface area (Å²) >= 11 is 0. The van der Waals surface area contributed by atoms with Crippen molar-refractivity contribution in [1.82, 2.24) is 19.9 Å². The molecule has 6 rings (SSSR count). The lowest BCUT2D eigenvalue weighted by molar-refractivity contribution is -0.111. The lowest BCUT2D eigenvalue weighted by atomic mass is 9.97. The standard InChI is InChI=1S/C25H28FN7O2/c1-27-19-12-23(30-33-22(13-28-24(19)33)25(35)29-18-11-17(18)26)32-10-7-16-20(3-2-4-21(16)32)31-8-5-15(14-34)6-9-31/h2-4,12-15,17-18,27H,5-11H2,1H3,(H,29,35)/t17-,18+/m0/s1. The minimum atomic E-state index is -0.978. The first kappa shape index (κ1) is 21.8. The Hall–Kier alpha value is -3.69. The third kappa shape index (κ3) is 3.77. The zero-order chi connectivity index (χ0) is 24.1. The van der Waals surface area contributed by atoms with Gasteiger partial charge in [0.15, 0.2) is 17.2 Å². The van der Waals surface area contributed by atoms with E-state index in [1.165, 1.54) is 22.0 Å². The van der Waals surface area contributed by atoms with Crippen LogP contribution in [-0.4, -0.2) is 65.7 Å². The molecule has 0 spiro atoms. The Kier molecular flexibility index (Phi) is 5.31. The molecule has 2 aliphatic heterocycles. The van der Waals surface area contributed by atoms with E-state index in [1.807, 2.05) is 13.1 Å². The lowest BCUT2D eigenvalue weighted by Crippen LogP contribution is -2.34. The topological polar surface area (TPSA) is 94.9 Å². The van der Waals surface area contributed by atoms with Crippen molar-refractivity contribution >= 4 is 40.7 Å². The monoisotopic (exact) mass is 477 g/mol. The van der Waals surface area contributed by atoms with Gasteiger partial charge in [-0.3, -0.25) is 4.79 Å². The Morgan fingerprint density at radius 1 is 1.20 bits per heavy atom. The molecule has 0 bridgehead atoms. The van der Waals surface area contributed by atoms with Crippen LogP contribution in [0.1, 0.15) is 35.3 Å². The number of benzene rings is 1. The van der Waals surface area contributed by atoms with Gasteiger partial charge in [-0.15, -0.1) is 5.10 Å². The van der Waals surface area contributed by atoms with Gasteiger partial charge < -0.3 is 25.2 Å². The number of fused-ring (bicyclic) bond motifs is 2. The average molecular weight is 478 g/mol. The van der Waals surface area contributed by atoms with Crippen LogP contribution >= 0.6 is 0 Å². The van der Waals surface area contributed by atoms with Gasteiger partial charge in [0.25, 0.3) is 5.91 Å². The number of nitrogens with zero attached hydrogens (tertiary/aromatic N) is 5. The molecular formula is C25H28FN7O2. The number of carbonyl (C=O) groups excluding carboxylic acids is 2. The first-order chi connectivity index (χ1) is 17.1. The molecule has 1 amide bonds. The number of anilines is 4. The van der Waals surface area contributed by atoms with Crippen molar-refractivity contribution in [3.05, 3.63) is 41.7 Å². The van der Waals surface area contributed by atoms with E-state index in [2.05, 4.69) is 43.6 Å². The van der Waals surface area contributed by atoms with Gasteiger partial charge in [-0.25, -0.2) is 13.9 Å². The molecule has 0 unspecified atom stereocenters. The number of aromatic nitrogens is 3. The quantitative estimate of drug-likeness (QED) is 0.527. The summed E-state index contributed by atoms with van der Waals surface area (Å²) in [6, 6.07) is 7.84. The van der Waals surface area contributed by atoms with Gasteiger partial charge >= 0.3 is 0 Å². The Morgan fingerprint density at radius 2 is 1.97 bits per heavy atom. The van der Waals surface area contributed by atoms with Gasteiger partial charge in [0.1, 0.15) is 12.5 Å². The second-order valence-electron chi connectivity index (χ2n) is 9.51. The minimum Gasteiger partial charge on any atom is -0.385 e. The van der Waals surface area contributed by atoms with Crippen LogP contribution in [0, 0.1) is 5.92 Å². The number of aldehydes is 1. The number of carbonyl (C=O) groups is 2. The molecule has 2 aromatic heterocycles. The summed E-state index contributed by atoms with van der Waals surface area (Å²) in [5.74, 6) is 0.490. The van der Waals surface area contributed by atoms with Crippen molar-refractivity contribution in [1.29, 1.82) is 0 Å². The average Bonchev–Trinajstić information content (AvgIpc) is 3.26. The molecule has 1 saturated heterocycles. The number of alkyl halides is 1. The number of hydrogen-bond acceptors (Lipinski definition) is 7. The molecule has 4 heterocycles. The Balaban J connectivity index is 1.34. The highest BCUT2D eigenvalue weighted by atomic mass is 19.1. The first-order valence-electron chi connectivity index (χ1n) is 12.2. The molecule has 10 heteroatoms. The van der Waals surface area contributed by atoms with Crippen LogP contribution in [0.4, 0.5) is 27.3 Å². The fourth-order valence-electron chi connectivity index (χ4n) is 5.21. The molecule has 2 atom stereocenters. The predicted molar refractivity (Wildman–Crippen MR) is 131 cm³/mol. The highest BCUT2D eigenvalue weighted by molar-refractivity contribution is 5.94. The number of piperidine rings is 1. The van der Waals surface area contributed by atoms with E-state index in [1.54, 1.807) is 0 Å². The van der Waals surface area contributed by atoms with Crippen LogP contribution in [0.5, 0.6) is 0 Å². The largest absolute Gasteiger partial charge is 0.385 e. The normalized spacial score (nSPS) is 21.8. The molecular weight excluding hydrogens is 449 g/mol.